The molecule has 1 aromatic rings. The number of benzene rings is 1. The lowest BCUT2D eigenvalue weighted by molar-refractivity contribution is -0.139. The Kier molecular flexibility index (Phi) is 6.36. The summed E-state index contributed by atoms with van der Waals surface area (Å²) < 4.78 is 5.04. The number of nitrogens with one attached hydrogen (secondary N) is 2. The van der Waals surface area contributed by atoms with Gasteiger partial charge in [0.1, 0.15) is 11.8 Å². The third kappa shape index (κ3) is 5.17. The standard InChI is InChI=1S/C14H20N2O4/c1-3-4-8-12(13(17)18)16-14(19)15-10-6-5-7-11(9-10)20-2/h5-7,9,12H,3-4,8H2,1-2H3,(H,17,18)(H2,15,16,19)/t12-/m0/s1. The fourth-order valence-corrected chi connectivity index (χ4v) is 1.69. The van der Waals surface area contributed by atoms with Gasteiger partial charge in [0.05, 0.1) is 7.11 Å². The van der Waals surface area contributed by atoms with E-state index in [-0.39, 0.29) is 0 Å². The molecule has 0 aromatic heterocycles. The lowest BCUT2D eigenvalue weighted by Gasteiger charge is -2.15. The van der Waals surface area contributed by atoms with Crippen molar-refractivity contribution in [2.45, 2.75) is 32.2 Å². The van der Waals surface area contributed by atoms with Gasteiger partial charge >= 0.3 is 12.0 Å². The van der Waals surface area contributed by atoms with Gasteiger partial charge in [0.25, 0.3) is 0 Å². The van der Waals surface area contributed by atoms with Crippen LogP contribution in [0.15, 0.2) is 24.3 Å². The molecule has 0 aliphatic heterocycles. The maximum atomic E-state index is 11.8. The Morgan fingerprint density at radius 1 is 1.40 bits per heavy atom. The summed E-state index contributed by atoms with van der Waals surface area (Å²) in [6.07, 6.45) is 2.04. The Morgan fingerprint density at radius 3 is 2.75 bits per heavy atom. The molecule has 1 atom stereocenters. The summed E-state index contributed by atoms with van der Waals surface area (Å²) in [5.74, 6) is -0.414. The third-order valence-electron chi connectivity index (χ3n) is 2.78. The molecule has 0 unspecified atom stereocenters. The molecule has 2 amide bonds. The van der Waals surface area contributed by atoms with Crippen LogP contribution in [-0.2, 0) is 4.79 Å². The molecule has 0 fully saturated rings. The van der Waals surface area contributed by atoms with E-state index in [2.05, 4.69) is 10.6 Å². The lowest BCUT2D eigenvalue weighted by atomic mass is 10.1. The van der Waals surface area contributed by atoms with Crippen molar-refractivity contribution in [1.29, 1.82) is 0 Å². The fourth-order valence-electron chi connectivity index (χ4n) is 1.69. The van der Waals surface area contributed by atoms with Crippen LogP contribution in [0.5, 0.6) is 5.75 Å². The minimum Gasteiger partial charge on any atom is -0.497 e. The molecule has 1 aromatic carbocycles. The van der Waals surface area contributed by atoms with E-state index in [9.17, 15) is 9.59 Å². The third-order valence-corrected chi connectivity index (χ3v) is 2.78. The van der Waals surface area contributed by atoms with Gasteiger partial charge in [0.2, 0.25) is 0 Å². The molecule has 0 bridgehead atoms. The number of aliphatic carboxylic acids is 1. The molecule has 110 valence electrons. The largest absolute Gasteiger partial charge is 0.497 e. The number of amides is 2. The summed E-state index contributed by atoms with van der Waals surface area (Å²) in [6.45, 7) is 1.97. The average molecular weight is 280 g/mol. The first-order valence-electron chi connectivity index (χ1n) is 6.51. The molecule has 0 saturated carbocycles. The molecule has 0 saturated heterocycles. The van der Waals surface area contributed by atoms with Crippen molar-refractivity contribution < 1.29 is 19.4 Å². The van der Waals surface area contributed by atoms with Gasteiger partial charge in [-0.05, 0) is 18.6 Å². The minimum atomic E-state index is -1.03. The maximum Gasteiger partial charge on any atom is 0.326 e. The monoisotopic (exact) mass is 280 g/mol. The molecule has 0 spiro atoms. The van der Waals surface area contributed by atoms with Crippen molar-refractivity contribution in [3.63, 3.8) is 0 Å². The summed E-state index contributed by atoms with van der Waals surface area (Å²) in [7, 11) is 1.53. The topological polar surface area (TPSA) is 87.7 Å². The molecule has 0 heterocycles. The van der Waals surface area contributed by atoms with E-state index in [4.69, 9.17) is 9.84 Å². The van der Waals surface area contributed by atoms with Crippen LogP contribution in [0.3, 0.4) is 0 Å². The van der Waals surface area contributed by atoms with Crippen LogP contribution >= 0.6 is 0 Å². The van der Waals surface area contributed by atoms with Gasteiger partial charge in [0.15, 0.2) is 0 Å². The molecule has 0 aliphatic rings. The number of rotatable bonds is 7. The quantitative estimate of drug-likeness (QED) is 0.716. The van der Waals surface area contributed by atoms with Crippen LogP contribution < -0.4 is 15.4 Å². The second-order valence-electron chi connectivity index (χ2n) is 4.36. The Balaban J connectivity index is 2.58. The highest BCUT2D eigenvalue weighted by molar-refractivity contribution is 5.92. The predicted molar refractivity (Wildman–Crippen MR) is 76.1 cm³/mol. The van der Waals surface area contributed by atoms with Gasteiger partial charge in [-0.2, -0.15) is 0 Å². The first-order valence-corrected chi connectivity index (χ1v) is 6.51. The zero-order valence-corrected chi connectivity index (χ0v) is 11.7. The van der Waals surface area contributed by atoms with Crippen molar-refractivity contribution in [3.05, 3.63) is 24.3 Å². The summed E-state index contributed by atoms with van der Waals surface area (Å²) in [5.41, 5.74) is 0.543. The van der Waals surface area contributed by atoms with Gasteiger partial charge < -0.3 is 20.5 Å². The van der Waals surface area contributed by atoms with E-state index < -0.39 is 18.0 Å². The summed E-state index contributed by atoms with van der Waals surface area (Å²) in [5, 5.41) is 14.1. The second kappa shape index (κ2) is 8.04. The van der Waals surface area contributed by atoms with Gasteiger partial charge in [0, 0.05) is 11.8 Å². The minimum absolute atomic E-state index is 0.414. The van der Waals surface area contributed by atoms with Crippen molar-refractivity contribution >= 4 is 17.7 Å². The van der Waals surface area contributed by atoms with Crippen molar-refractivity contribution in [3.8, 4) is 5.75 Å². The van der Waals surface area contributed by atoms with Crippen molar-refractivity contribution in [2.75, 3.05) is 12.4 Å². The highest BCUT2D eigenvalue weighted by Crippen LogP contribution is 2.16. The van der Waals surface area contributed by atoms with Crippen LogP contribution in [0.25, 0.3) is 0 Å². The molecule has 0 radical (unpaired) electrons. The van der Waals surface area contributed by atoms with E-state index >= 15 is 0 Å². The average Bonchev–Trinajstić information content (AvgIpc) is 2.43. The van der Waals surface area contributed by atoms with Gasteiger partial charge in [-0.1, -0.05) is 25.8 Å². The summed E-state index contributed by atoms with van der Waals surface area (Å²) in [4.78, 5) is 22.8. The molecule has 1 rings (SSSR count). The van der Waals surface area contributed by atoms with Crippen molar-refractivity contribution in [2.24, 2.45) is 0 Å². The zero-order valence-electron chi connectivity index (χ0n) is 11.7. The number of carboxylic acid groups (broad SMARTS) is 1. The molecular weight excluding hydrogens is 260 g/mol. The Bertz CT molecular complexity index is 462. The predicted octanol–water partition coefficient (Wildman–Crippen LogP) is 2.46. The Morgan fingerprint density at radius 2 is 2.15 bits per heavy atom. The molecule has 0 aliphatic carbocycles. The Hall–Kier alpha value is -2.24. The highest BCUT2D eigenvalue weighted by Gasteiger charge is 2.19. The van der Waals surface area contributed by atoms with Gasteiger partial charge in [-0.3, -0.25) is 0 Å². The van der Waals surface area contributed by atoms with Crippen LogP contribution in [0.1, 0.15) is 26.2 Å². The number of carbonyl (C=O) groups excluding carboxylic acids is 1. The van der Waals surface area contributed by atoms with Gasteiger partial charge in [-0.15, -0.1) is 0 Å². The SMILES string of the molecule is CCCC[C@H](NC(=O)Nc1cccc(OC)c1)C(=O)O. The van der Waals surface area contributed by atoms with E-state index in [0.29, 0.717) is 17.9 Å². The number of hydrogen-bond donors (Lipinski definition) is 3. The number of carbonyl (C=O) groups is 2. The second-order valence-corrected chi connectivity index (χ2v) is 4.36. The smallest absolute Gasteiger partial charge is 0.326 e. The first-order chi connectivity index (χ1) is 9.56. The number of carboxylic acids is 1. The molecule has 3 N–H and O–H groups in total. The number of methoxy groups -OCH3 is 1. The van der Waals surface area contributed by atoms with Crippen LogP contribution in [0, 0.1) is 0 Å². The highest BCUT2D eigenvalue weighted by atomic mass is 16.5. The number of urea groups is 1. The number of ether oxygens (including phenoxy) is 1. The molecule has 6 heteroatoms. The number of hydrogen-bond acceptors (Lipinski definition) is 3. The van der Waals surface area contributed by atoms with Crippen molar-refractivity contribution in [1.82, 2.24) is 5.32 Å². The normalized spacial score (nSPS) is 11.5. The molecule has 6 nitrogen and oxygen atoms in total. The van der Waals surface area contributed by atoms with E-state index in [1.54, 1.807) is 24.3 Å². The molecule has 20 heavy (non-hydrogen) atoms. The Labute approximate surface area is 118 Å². The van der Waals surface area contributed by atoms with Crippen LogP contribution in [0.4, 0.5) is 10.5 Å². The van der Waals surface area contributed by atoms with Gasteiger partial charge in [-0.25, -0.2) is 9.59 Å². The zero-order chi connectivity index (χ0) is 15.0. The van der Waals surface area contributed by atoms with E-state index in [1.807, 2.05) is 6.92 Å². The fraction of sp³-hybridized carbons (Fsp3) is 0.429. The van der Waals surface area contributed by atoms with Crippen LogP contribution in [-0.4, -0.2) is 30.3 Å². The van der Waals surface area contributed by atoms with E-state index in [0.717, 1.165) is 12.8 Å². The first kappa shape index (κ1) is 15.8. The van der Waals surface area contributed by atoms with Crippen LogP contribution in [0.2, 0.25) is 0 Å². The maximum absolute atomic E-state index is 11.8. The molecular formula is C14H20N2O4. The lowest BCUT2D eigenvalue weighted by Crippen LogP contribution is -2.42. The summed E-state index contributed by atoms with van der Waals surface area (Å²) in [6, 6.07) is 5.43. The number of anilines is 1. The number of unbranched alkanes of at least 4 members (excludes halogenated alkanes) is 1. The summed E-state index contributed by atoms with van der Waals surface area (Å²) >= 11 is 0. The van der Waals surface area contributed by atoms with E-state index in [1.165, 1.54) is 7.11 Å².